The quantitative estimate of drug-likeness (QED) is 0.619. The highest BCUT2D eigenvalue weighted by Gasteiger charge is 2.12. The first-order chi connectivity index (χ1) is 12.1. The number of nitrogens with one attached hydrogen (secondary N) is 1. The topological polar surface area (TPSA) is 68.0 Å². The normalized spacial score (nSPS) is 11.0. The van der Waals surface area contributed by atoms with Gasteiger partial charge < -0.3 is 5.32 Å². The number of halogens is 2. The van der Waals surface area contributed by atoms with Crippen LogP contribution in [-0.2, 0) is 0 Å². The Bertz CT molecular complexity index is 1040. The molecule has 0 aliphatic rings. The van der Waals surface area contributed by atoms with Crippen molar-refractivity contribution in [3.8, 4) is 11.4 Å². The van der Waals surface area contributed by atoms with Crippen molar-refractivity contribution in [2.75, 3.05) is 5.32 Å². The maximum Gasteiger partial charge on any atom is 0.254 e. The Morgan fingerprint density at radius 1 is 1.04 bits per heavy atom. The summed E-state index contributed by atoms with van der Waals surface area (Å²) >= 11 is 0. The molecule has 0 fully saturated rings. The molecule has 124 valence electrons. The third kappa shape index (κ3) is 3.01. The first kappa shape index (κ1) is 15.1. The maximum absolute atomic E-state index is 13.4. The maximum atomic E-state index is 13.4. The van der Waals surface area contributed by atoms with Crippen molar-refractivity contribution >= 4 is 17.3 Å². The van der Waals surface area contributed by atoms with Crippen LogP contribution in [0.15, 0.2) is 48.8 Å². The van der Waals surface area contributed by atoms with Gasteiger partial charge in [0.2, 0.25) is 0 Å². The van der Waals surface area contributed by atoms with Crippen LogP contribution in [0.2, 0.25) is 0 Å². The number of pyridine rings is 1. The van der Waals surface area contributed by atoms with Crippen molar-refractivity contribution in [1.82, 2.24) is 24.6 Å². The number of rotatable bonds is 3. The molecular formula is C17H12F2N6. The van der Waals surface area contributed by atoms with Crippen molar-refractivity contribution in [3.05, 3.63) is 66.1 Å². The minimum Gasteiger partial charge on any atom is -0.340 e. The summed E-state index contributed by atoms with van der Waals surface area (Å²) in [5, 5.41) is 7.38. The molecule has 0 aliphatic heterocycles. The molecule has 0 unspecified atom stereocenters. The lowest BCUT2D eigenvalue weighted by molar-refractivity contribution is 0.584. The van der Waals surface area contributed by atoms with Crippen molar-refractivity contribution in [2.45, 2.75) is 6.92 Å². The Morgan fingerprint density at radius 3 is 2.56 bits per heavy atom. The molecule has 1 N–H and O–H groups in total. The molecule has 0 amide bonds. The van der Waals surface area contributed by atoms with Gasteiger partial charge in [0.05, 0.1) is 0 Å². The third-order valence-corrected chi connectivity index (χ3v) is 3.49. The second-order valence-electron chi connectivity index (χ2n) is 5.45. The van der Waals surface area contributed by atoms with Crippen LogP contribution < -0.4 is 5.32 Å². The van der Waals surface area contributed by atoms with Crippen LogP contribution >= 0.6 is 0 Å². The molecule has 3 aromatic heterocycles. The smallest absolute Gasteiger partial charge is 0.254 e. The lowest BCUT2D eigenvalue weighted by Crippen LogP contribution is -2.03. The van der Waals surface area contributed by atoms with Gasteiger partial charge in [0.15, 0.2) is 5.82 Å². The molecule has 0 spiro atoms. The summed E-state index contributed by atoms with van der Waals surface area (Å²) in [7, 11) is 0. The summed E-state index contributed by atoms with van der Waals surface area (Å²) in [6.45, 7) is 1.80. The second kappa shape index (κ2) is 5.90. The lowest BCUT2D eigenvalue weighted by atomic mass is 10.3. The van der Waals surface area contributed by atoms with Crippen molar-refractivity contribution in [2.24, 2.45) is 0 Å². The number of hydrogen-bond donors (Lipinski definition) is 1. The number of anilines is 2. The van der Waals surface area contributed by atoms with Crippen molar-refractivity contribution in [1.29, 1.82) is 0 Å². The Balaban J connectivity index is 1.81. The van der Waals surface area contributed by atoms with Gasteiger partial charge in [-0.3, -0.25) is 4.98 Å². The number of aromatic nitrogens is 5. The molecule has 0 radical (unpaired) electrons. The number of fused-ring (bicyclic) bond motifs is 1. The van der Waals surface area contributed by atoms with Crippen LogP contribution in [0, 0.1) is 18.6 Å². The Kier molecular flexibility index (Phi) is 3.57. The summed E-state index contributed by atoms with van der Waals surface area (Å²) in [6, 6.07) is 8.55. The summed E-state index contributed by atoms with van der Waals surface area (Å²) < 4.78 is 28.3. The minimum atomic E-state index is -0.667. The van der Waals surface area contributed by atoms with Gasteiger partial charge in [-0.2, -0.15) is 9.50 Å². The molecule has 8 heteroatoms. The molecule has 6 nitrogen and oxygen atoms in total. The van der Waals surface area contributed by atoms with E-state index in [1.807, 2.05) is 6.07 Å². The SMILES string of the molecule is Cc1cc(Nc2cc(F)cc(F)c2)n2nc(-c3cccnc3)nc2n1. The molecule has 3 heterocycles. The van der Waals surface area contributed by atoms with Gasteiger partial charge in [0.1, 0.15) is 17.5 Å². The van der Waals surface area contributed by atoms with E-state index >= 15 is 0 Å². The van der Waals surface area contributed by atoms with Gasteiger partial charge in [-0.05, 0) is 31.2 Å². The Morgan fingerprint density at radius 2 is 1.84 bits per heavy atom. The van der Waals surface area contributed by atoms with E-state index in [-0.39, 0.29) is 5.69 Å². The van der Waals surface area contributed by atoms with Crippen LogP contribution in [0.5, 0.6) is 0 Å². The van der Waals surface area contributed by atoms with Gasteiger partial charge in [0, 0.05) is 41.5 Å². The molecule has 0 saturated heterocycles. The number of nitrogens with zero attached hydrogens (tertiary/aromatic N) is 5. The fourth-order valence-corrected chi connectivity index (χ4v) is 2.47. The van der Waals surface area contributed by atoms with E-state index in [9.17, 15) is 8.78 Å². The molecule has 0 saturated carbocycles. The predicted octanol–water partition coefficient (Wildman–Crippen LogP) is 3.52. The van der Waals surface area contributed by atoms with E-state index in [1.165, 1.54) is 16.6 Å². The zero-order valence-corrected chi connectivity index (χ0v) is 13.1. The highest BCUT2D eigenvalue weighted by Crippen LogP contribution is 2.22. The third-order valence-electron chi connectivity index (χ3n) is 3.49. The van der Waals surface area contributed by atoms with E-state index in [4.69, 9.17) is 0 Å². The fourth-order valence-electron chi connectivity index (χ4n) is 2.47. The van der Waals surface area contributed by atoms with E-state index in [1.54, 1.807) is 31.5 Å². The monoisotopic (exact) mass is 338 g/mol. The first-order valence-corrected chi connectivity index (χ1v) is 7.46. The van der Waals surface area contributed by atoms with Gasteiger partial charge in [0.25, 0.3) is 5.78 Å². The largest absolute Gasteiger partial charge is 0.340 e. The van der Waals surface area contributed by atoms with Gasteiger partial charge in [-0.1, -0.05) is 0 Å². The number of aryl methyl sites for hydroxylation is 1. The molecule has 4 rings (SSSR count). The van der Waals surface area contributed by atoms with E-state index < -0.39 is 11.6 Å². The van der Waals surface area contributed by atoms with Gasteiger partial charge in [-0.15, -0.1) is 5.10 Å². The Labute approximate surface area is 141 Å². The molecule has 25 heavy (non-hydrogen) atoms. The van der Waals surface area contributed by atoms with Crippen LogP contribution in [0.1, 0.15) is 5.69 Å². The highest BCUT2D eigenvalue weighted by molar-refractivity contribution is 5.61. The predicted molar refractivity (Wildman–Crippen MR) is 88.4 cm³/mol. The average Bonchev–Trinajstić information content (AvgIpc) is 2.99. The van der Waals surface area contributed by atoms with Crippen molar-refractivity contribution in [3.63, 3.8) is 0 Å². The zero-order chi connectivity index (χ0) is 17.4. The van der Waals surface area contributed by atoms with Crippen molar-refractivity contribution < 1.29 is 8.78 Å². The van der Waals surface area contributed by atoms with Gasteiger partial charge in [-0.25, -0.2) is 13.8 Å². The van der Waals surface area contributed by atoms with Crippen LogP contribution in [0.3, 0.4) is 0 Å². The number of benzene rings is 1. The standard InChI is InChI=1S/C17H12F2N6/c1-10-5-15(22-14-7-12(18)6-13(19)8-14)25-17(21-10)23-16(24-25)11-3-2-4-20-9-11/h2-9,22H,1H3. The first-order valence-electron chi connectivity index (χ1n) is 7.46. The summed E-state index contributed by atoms with van der Waals surface area (Å²) in [5.41, 5.74) is 1.70. The molecule has 0 atom stereocenters. The minimum absolute atomic E-state index is 0.267. The van der Waals surface area contributed by atoms with E-state index in [2.05, 4.69) is 25.4 Å². The second-order valence-corrected chi connectivity index (χ2v) is 5.45. The molecule has 0 bridgehead atoms. The summed E-state index contributed by atoms with van der Waals surface area (Å²) in [5.74, 6) is -0.00800. The summed E-state index contributed by atoms with van der Waals surface area (Å²) in [4.78, 5) is 12.8. The molecule has 0 aliphatic carbocycles. The highest BCUT2D eigenvalue weighted by atomic mass is 19.1. The van der Waals surface area contributed by atoms with Gasteiger partial charge >= 0.3 is 0 Å². The lowest BCUT2D eigenvalue weighted by Gasteiger charge is -2.08. The average molecular weight is 338 g/mol. The molecule has 1 aromatic carbocycles. The van der Waals surface area contributed by atoms with Crippen LogP contribution in [0.25, 0.3) is 17.2 Å². The van der Waals surface area contributed by atoms with Crippen LogP contribution in [0.4, 0.5) is 20.3 Å². The number of hydrogen-bond acceptors (Lipinski definition) is 5. The van der Waals surface area contributed by atoms with E-state index in [0.29, 0.717) is 23.1 Å². The Hall–Kier alpha value is -3.42. The molecular weight excluding hydrogens is 326 g/mol. The summed E-state index contributed by atoms with van der Waals surface area (Å²) in [6.07, 6.45) is 3.31. The zero-order valence-electron chi connectivity index (χ0n) is 13.1. The fraction of sp³-hybridized carbons (Fsp3) is 0.0588. The van der Waals surface area contributed by atoms with E-state index in [0.717, 1.165) is 11.6 Å². The molecule has 4 aromatic rings. The van der Waals surface area contributed by atoms with Crippen LogP contribution in [-0.4, -0.2) is 24.6 Å².